The lowest BCUT2D eigenvalue weighted by molar-refractivity contribution is -0.139. The van der Waals surface area contributed by atoms with Gasteiger partial charge < -0.3 is 19.1 Å². The molecule has 2 rings (SSSR count). The molecule has 0 spiro atoms. The number of anilines is 1. The van der Waals surface area contributed by atoms with E-state index in [4.69, 9.17) is 14.2 Å². The van der Waals surface area contributed by atoms with Crippen LogP contribution in [0.5, 0.6) is 5.75 Å². The third-order valence-corrected chi connectivity index (χ3v) is 3.38. The standard InChI is InChI=1S/C18H17F2NO5/c1-24-17(22)14-5-3-4-10-21(16(14)18(23)25-2)12-6-8-13(9-7-12)26-11-15(19)20/h3-10,15H,11H2,1-2H3. The molecule has 0 fully saturated rings. The molecular weight excluding hydrogens is 348 g/mol. The number of halogens is 2. The summed E-state index contributed by atoms with van der Waals surface area (Å²) in [7, 11) is 2.40. The lowest BCUT2D eigenvalue weighted by Gasteiger charge is -2.23. The Labute approximate surface area is 148 Å². The first kappa shape index (κ1) is 19.2. The molecule has 26 heavy (non-hydrogen) atoms. The Morgan fingerprint density at radius 1 is 1.04 bits per heavy atom. The molecular formula is C18H17F2NO5. The molecule has 1 heterocycles. The Bertz CT molecular complexity index is 753. The second-order valence-electron chi connectivity index (χ2n) is 5.01. The van der Waals surface area contributed by atoms with E-state index in [2.05, 4.69) is 0 Å². The number of allylic oxidation sites excluding steroid dienone is 2. The van der Waals surface area contributed by atoms with E-state index in [0.717, 1.165) is 0 Å². The van der Waals surface area contributed by atoms with E-state index in [0.29, 0.717) is 5.69 Å². The molecule has 138 valence electrons. The molecule has 0 bridgehead atoms. The first-order valence-electron chi connectivity index (χ1n) is 7.54. The minimum atomic E-state index is -2.58. The predicted octanol–water partition coefficient (Wildman–Crippen LogP) is 2.82. The van der Waals surface area contributed by atoms with E-state index >= 15 is 0 Å². The maximum Gasteiger partial charge on any atom is 0.355 e. The Balaban J connectivity index is 2.41. The van der Waals surface area contributed by atoms with Crippen molar-refractivity contribution in [3.63, 3.8) is 0 Å². The zero-order chi connectivity index (χ0) is 19.1. The fourth-order valence-electron chi connectivity index (χ4n) is 2.23. The van der Waals surface area contributed by atoms with Crippen molar-refractivity contribution in [1.29, 1.82) is 0 Å². The molecule has 8 heteroatoms. The van der Waals surface area contributed by atoms with Crippen molar-refractivity contribution in [1.82, 2.24) is 0 Å². The van der Waals surface area contributed by atoms with Gasteiger partial charge >= 0.3 is 11.9 Å². The van der Waals surface area contributed by atoms with Crippen LogP contribution in [0.1, 0.15) is 0 Å². The Morgan fingerprint density at radius 3 is 2.27 bits per heavy atom. The fraction of sp³-hybridized carbons (Fsp3) is 0.222. The van der Waals surface area contributed by atoms with E-state index in [1.54, 1.807) is 30.5 Å². The summed E-state index contributed by atoms with van der Waals surface area (Å²) in [6.45, 7) is -0.716. The van der Waals surface area contributed by atoms with Crippen LogP contribution in [0.4, 0.5) is 14.5 Å². The van der Waals surface area contributed by atoms with Crippen molar-refractivity contribution in [3.8, 4) is 5.75 Å². The number of hydrogen-bond donors (Lipinski definition) is 0. The second kappa shape index (κ2) is 8.80. The molecule has 0 atom stereocenters. The maximum absolute atomic E-state index is 12.3. The highest BCUT2D eigenvalue weighted by Gasteiger charge is 2.27. The summed E-state index contributed by atoms with van der Waals surface area (Å²) in [4.78, 5) is 25.8. The minimum Gasteiger partial charge on any atom is -0.488 e. The van der Waals surface area contributed by atoms with Crippen molar-refractivity contribution in [2.24, 2.45) is 0 Å². The number of benzene rings is 1. The number of alkyl halides is 2. The third-order valence-electron chi connectivity index (χ3n) is 3.38. The quantitative estimate of drug-likeness (QED) is 0.723. The van der Waals surface area contributed by atoms with Crippen molar-refractivity contribution in [3.05, 3.63) is 60.0 Å². The van der Waals surface area contributed by atoms with Gasteiger partial charge in [-0.05, 0) is 36.4 Å². The normalized spacial score (nSPS) is 13.7. The molecule has 0 aromatic heterocycles. The van der Waals surface area contributed by atoms with Gasteiger partial charge in [0.2, 0.25) is 0 Å². The summed E-state index contributed by atoms with van der Waals surface area (Å²) in [5.74, 6) is -1.19. The summed E-state index contributed by atoms with van der Waals surface area (Å²) >= 11 is 0. The van der Waals surface area contributed by atoms with E-state index in [9.17, 15) is 18.4 Å². The first-order chi connectivity index (χ1) is 12.5. The van der Waals surface area contributed by atoms with Gasteiger partial charge in [0.1, 0.15) is 18.1 Å². The fourth-order valence-corrected chi connectivity index (χ4v) is 2.23. The number of ether oxygens (including phenoxy) is 3. The van der Waals surface area contributed by atoms with Crippen LogP contribution < -0.4 is 9.64 Å². The average Bonchev–Trinajstić information content (AvgIpc) is 2.88. The van der Waals surface area contributed by atoms with Gasteiger partial charge in [-0.25, -0.2) is 18.4 Å². The van der Waals surface area contributed by atoms with Gasteiger partial charge in [0.25, 0.3) is 6.43 Å². The number of carbonyl (C=O) groups is 2. The van der Waals surface area contributed by atoms with E-state index in [-0.39, 0.29) is 17.0 Å². The summed E-state index contributed by atoms with van der Waals surface area (Å²) in [6.07, 6.45) is 3.63. The maximum atomic E-state index is 12.3. The van der Waals surface area contributed by atoms with Crippen LogP contribution in [-0.4, -0.2) is 39.2 Å². The molecule has 0 unspecified atom stereocenters. The summed E-state index contributed by atoms with van der Waals surface area (Å²) in [5, 5.41) is 0. The molecule has 0 radical (unpaired) electrons. The lowest BCUT2D eigenvalue weighted by atomic mass is 10.1. The molecule has 0 saturated heterocycles. The smallest absolute Gasteiger partial charge is 0.355 e. The molecule has 0 amide bonds. The highest BCUT2D eigenvalue weighted by atomic mass is 19.3. The number of hydrogen-bond acceptors (Lipinski definition) is 6. The summed E-state index contributed by atoms with van der Waals surface area (Å²) in [5.41, 5.74) is 0.476. The highest BCUT2D eigenvalue weighted by molar-refractivity contribution is 6.05. The van der Waals surface area contributed by atoms with Crippen LogP contribution in [0, 0.1) is 0 Å². The molecule has 0 N–H and O–H groups in total. The third kappa shape index (κ3) is 4.47. The van der Waals surface area contributed by atoms with Crippen LogP contribution in [0.15, 0.2) is 60.0 Å². The van der Waals surface area contributed by atoms with Gasteiger partial charge in [-0.15, -0.1) is 0 Å². The molecule has 1 aliphatic heterocycles. The molecule has 1 aromatic rings. The van der Waals surface area contributed by atoms with Gasteiger partial charge in [0, 0.05) is 11.9 Å². The number of carbonyl (C=O) groups excluding carboxylic acids is 2. The Morgan fingerprint density at radius 2 is 1.69 bits per heavy atom. The van der Waals surface area contributed by atoms with Crippen molar-refractivity contribution in [2.45, 2.75) is 6.43 Å². The van der Waals surface area contributed by atoms with Gasteiger partial charge in [0.05, 0.1) is 19.8 Å². The topological polar surface area (TPSA) is 65.1 Å². The molecule has 0 saturated carbocycles. The Hall–Kier alpha value is -3.16. The first-order valence-corrected chi connectivity index (χ1v) is 7.54. The summed E-state index contributed by atoms with van der Waals surface area (Å²) < 4.78 is 38.9. The van der Waals surface area contributed by atoms with Gasteiger partial charge in [0.15, 0.2) is 0 Å². The van der Waals surface area contributed by atoms with Crippen LogP contribution in [0.2, 0.25) is 0 Å². The van der Waals surface area contributed by atoms with Crippen molar-refractivity contribution >= 4 is 17.6 Å². The number of methoxy groups -OCH3 is 2. The zero-order valence-corrected chi connectivity index (χ0v) is 14.1. The van der Waals surface area contributed by atoms with E-state index in [1.165, 1.54) is 37.3 Å². The molecule has 6 nitrogen and oxygen atoms in total. The lowest BCUT2D eigenvalue weighted by Crippen LogP contribution is -2.26. The largest absolute Gasteiger partial charge is 0.488 e. The van der Waals surface area contributed by atoms with Crippen molar-refractivity contribution < 1.29 is 32.6 Å². The number of esters is 2. The molecule has 1 aromatic carbocycles. The van der Waals surface area contributed by atoms with Crippen LogP contribution in [-0.2, 0) is 19.1 Å². The van der Waals surface area contributed by atoms with Gasteiger partial charge in [-0.3, -0.25) is 0 Å². The predicted molar refractivity (Wildman–Crippen MR) is 89.8 cm³/mol. The highest BCUT2D eigenvalue weighted by Crippen LogP contribution is 2.28. The minimum absolute atomic E-state index is 0.0161. The Kier molecular flexibility index (Phi) is 6.48. The second-order valence-corrected chi connectivity index (χ2v) is 5.01. The van der Waals surface area contributed by atoms with E-state index in [1.807, 2.05) is 0 Å². The zero-order valence-electron chi connectivity index (χ0n) is 14.1. The van der Waals surface area contributed by atoms with Gasteiger partial charge in [-0.2, -0.15) is 0 Å². The van der Waals surface area contributed by atoms with E-state index < -0.39 is 25.0 Å². The average molecular weight is 365 g/mol. The van der Waals surface area contributed by atoms with Crippen molar-refractivity contribution in [2.75, 3.05) is 25.7 Å². The molecule has 1 aliphatic rings. The SMILES string of the molecule is COC(=O)C1=C(C(=O)OC)N(c2ccc(OCC(F)F)cc2)C=CC=C1. The number of nitrogens with zero attached hydrogens (tertiary/aromatic N) is 1. The van der Waals surface area contributed by atoms with Crippen LogP contribution in [0.3, 0.4) is 0 Å². The number of rotatable bonds is 6. The van der Waals surface area contributed by atoms with Crippen LogP contribution >= 0.6 is 0 Å². The van der Waals surface area contributed by atoms with Gasteiger partial charge in [-0.1, -0.05) is 6.08 Å². The monoisotopic (exact) mass is 365 g/mol. The molecule has 0 aliphatic carbocycles. The summed E-state index contributed by atoms with van der Waals surface area (Å²) in [6, 6.07) is 6.09. The van der Waals surface area contributed by atoms with Crippen LogP contribution in [0.25, 0.3) is 0 Å².